The van der Waals surface area contributed by atoms with Crippen LogP contribution in [0.25, 0.3) is 0 Å². The largest absolute Gasteiger partial charge is 0.347 e. The number of likely N-dealkylation sites (N-methyl/N-ethyl adjacent to an activating group) is 1. The first-order valence-electron chi connectivity index (χ1n) is 8.33. The highest BCUT2D eigenvalue weighted by Crippen LogP contribution is 2.13. The Bertz CT molecular complexity index is 742. The molecular formula is C18H22FN5O. The number of nitrogens with one attached hydrogen (secondary N) is 1. The van der Waals surface area contributed by atoms with Gasteiger partial charge in [0.2, 0.25) is 5.95 Å². The minimum Gasteiger partial charge on any atom is -0.347 e. The average Bonchev–Trinajstić information content (AvgIpc) is 2.61. The molecule has 25 heavy (non-hydrogen) atoms. The van der Waals surface area contributed by atoms with Crippen LogP contribution in [0.3, 0.4) is 0 Å². The Kier molecular flexibility index (Phi) is 5.23. The van der Waals surface area contributed by atoms with E-state index in [2.05, 4.69) is 32.1 Å². The fraction of sp³-hybridized carbons (Fsp3) is 0.389. The Balaban J connectivity index is 1.68. The third kappa shape index (κ3) is 4.51. The van der Waals surface area contributed by atoms with Gasteiger partial charge in [-0.05, 0) is 37.7 Å². The van der Waals surface area contributed by atoms with Gasteiger partial charge in [0.1, 0.15) is 11.5 Å². The number of benzene rings is 1. The summed E-state index contributed by atoms with van der Waals surface area (Å²) in [6.45, 7) is 5.77. The van der Waals surface area contributed by atoms with Crippen molar-refractivity contribution in [2.75, 3.05) is 38.1 Å². The number of nitrogens with zero attached hydrogens (tertiary/aromatic N) is 4. The third-order valence-corrected chi connectivity index (χ3v) is 4.23. The van der Waals surface area contributed by atoms with Gasteiger partial charge in [0.15, 0.2) is 0 Å². The predicted octanol–water partition coefficient (Wildman–Crippen LogP) is 1.61. The maximum Gasteiger partial charge on any atom is 0.270 e. The van der Waals surface area contributed by atoms with Crippen molar-refractivity contribution < 1.29 is 9.18 Å². The van der Waals surface area contributed by atoms with Crippen molar-refractivity contribution in [3.63, 3.8) is 0 Å². The van der Waals surface area contributed by atoms with Crippen molar-refractivity contribution in [3.8, 4) is 0 Å². The Morgan fingerprint density at radius 2 is 1.84 bits per heavy atom. The molecule has 0 aliphatic carbocycles. The summed E-state index contributed by atoms with van der Waals surface area (Å²) in [7, 11) is 2.09. The van der Waals surface area contributed by atoms with Gasteiger partial charge in [0.05, 0.1) is 0 Å². The number of aromatic nitrogens is 2. The molecule has 1 aromatic carbocycles. The highest BCUT2D eigenvalue weighted by atomic mass is 19.1. The molecule has 1 aromatic heterocycles. The van der Waals surface area contributed by atoms with Gasteiger partial charge in [-0.1, -0.05) is 12.1 Å². The van der Waals surface area contributed by atoms with Crippen LogP contribution in [0.15, 0.2) is 30.3 Å². The van der Waals surface area contributed by atoms with Crippen LogP contribution in [-0.2, 0) is 6.54 Å². The van der Waals surface area contributed by atoms with E-state index < -0.39 is 0 Å². The molecule has 7 heteroatoms. The van der Waals surface area contributed by atoms with E-state index in [1.54, 1.807) is 18.2 Å². The third-order valence-electron chi connectivity index (χ3n) is 4.23. The molecule has 6 nitrogen and oxygen atoms in total. The van der Waals surface area contributed by atoms with Crippen LogP contribution in [0.1, 0.15) is 21.7 Å². The van der Waals surface area contributed by atoms with Crippen LogP contribution in [0, 0.1) is 12.7 Å². The molecule has 1 amide bonds. The van der Waals surface area contributed by atoms with Gasteiger partial charge in [0, 0.05) is 38.4 Å². The normalized spacial score (nSPS) is 15.2. The number of aryl methyl sites for hydroxylation is 1. The van der Waals surface area contributed by atoms with Crippen LogP contribution in [0.5, 0.6) is 0 Å². The second-order valence-corrected chi connectivity index (χ2v) is 6.29. The average molecular weight is 343 g/mol. The summed E-state index contributed by atoms with van der Waals surface area (Å²) in [5.74, 6) is 0.0450. The standard InChI is InChI=1S/C18H22FN5O/c1-13-11-16(17(25)20-12-14-3-5-15(19)6-4-14)22-18(21-13)24-9-7-23(2)8-10-24/h3-6,11H,7-10,12H2,1-2H3,(H,20,25). The van der Waals surface area contributed by atoms with Gasteiger partial charge in [0.25, 0.3) is 5.91 Å². The molecule has 1 fully saturated rings. The lowest BCUT2D eigenvalue weighted by molar-refractivity contribution is 0.0945. The molecule has 0 spiro atoms. The summed E-state index contributed by atoms with van der Waals surface area (Å²) >= 11 is 0. The molecule has 0 bridgehead atoms. The zero-order chi connectivity index (χ0) is 17.8. The number of carbonyl (C=O) groups excluding carboxylic acids is 1. The number of hydrogen-bond acceptors (Lipinski definition) is 5. The summed E-state index contributed by atoms with van der Waals surface area (Å²) in [5, 5.41) is 2.82. The molecule has 3 rings (SSSR count). The first-order chi connectivity index (χ1) is 12.0. The highest BCUT2D eigenvalue weighted by Gasteiger charge is 2.19. The lowest BCUT2D eigenvalue weighted by Crippen LogP contribution is -2.45. The topological polar surface area (TPSA) is 61.4 Å². The maximum absolute atomic E-state index is 12.9. The van der Waals surface area contributed by atoms with Gasteiger partial charge >= 0.3 is 0 Å². The molecular weight excluding hydrogens is 321 g/mol. The minimum absolute atomic E-state index is 0.259. The summed E-state index contributed by atoms with van der Waals surface area (Å²) in [5.41, 5.74) is 1.94. The Labute approximate surface area is 146 Å². The molecule has 1 N–H and O–H groups in total. The van der Waals surface area contributed by atoms with E-state index in [0.29, 0.717) is 18.2 Å². The molecule has 0 atom stereocenters. The number of hydrogen-bond donors (Lipinski definition) is 1. The smallest absolute Gasteiger partial charge is 0.270 e. The highest BCUT2D eigenvalue weighted by molar-refractivity contribution is 5.92. The van der Waals surface area contributed by atoms with Crippen molar-refractivity contribution in [2.24, 2.45) is 0 Å². The molecule has 1 aliphatic heterocycles. The van der Waals surface area contributed by atoms with Crippen molar-refractivity contribution in [2.45, 2.75) is 13.5 Å². The van der Waals surface area contributed by atoms with Gasteiger partial charge in [-0.3, -0.25) is 4.79 Å². The van der Waals surface area contributed by atoms with Gasteiger partial charge in [-0.25, -0.2) is 14.4 Å². The Morgan fingerprint density at radius 1 is 1.16 bits per heavy atom. The monoisotopic (exact) mass is 343 g/mol. The molecule has 0 unspecified atom stereocenters. The number of piperazine rings is 1. The molecule has 1 saturated heterocycles. The second kappa shape index (κ2) is 7.57. The van der Waals surface area contributed by atoms with Crippen LogP contribution < -0.4 is 10.2 Å². The number of anilines is 1. The summed E-state index contributed by atoms with van der Waals surface area (Å²) in [6.07, 6.45) is 0. The number of carbonyl (C=O) groups is 1. The molecule has 2 heterocycles. The first-order valence-corrected chi connectivity index (χ1v) is 8.33. The second-order valence-electron chi connectivity index (χ2n) is 6.29. The van der Waals surface area contributed by atoms with Gasteiger partial charge in [-0.15, -0.1) is 0 Å². The summed E-state index contributed by atoms with van der Waals surface area (Å²) in [4.78, 5) is 25.7. The predicted molar refractivity (Wildman–Crippen MR) is 94.0 cm³/mol. The zero-order valence-electron chi connectivity index (χ0n) is 14.5. The van der Waals surface area contributed by atoms with Crippen LogP contribution in [-0.4, -0.2) is 54.0 Å². The summed E-state index contributed by atoms with van der Waals surface area (Å²) < 4.78 is 12.9. The van der Waals surface area contributed by atoms with Crippen LogP contribution in [0.4, 0.5) is 10.3 Å². The van der Waals surface area contributed by atoms with E-state index in [1.807, 2.05) is 6.92 Å². The Hall–Kier alpha value is -2.54. The van der Waals surface area contributed by atoms with Crippen LogP contribution >= 0.6 is 0 Å². The molecule has 1 aliphatic rings. The fourth-order valence-electron chi connectivity index (χ4n) is 2.69. The van der Waals surface area contributed by atoms with E-state index in [-0.39, 0.29) is 11.7 Å². The van der Waals surface area contributed by atoms with E-state index >= 15 is 0 Å². The summed E-state index contributed by atoms with van der Waals surface area (Å²) in [6, 6.07) is 7.73. The molecule has 132 valence electrons. The van der Waals surface area contributed by atoms with E-state index in [4.69, 9.17) is 0 Å². The molecule has 2 aromatic rings. The van der Waals surface area contributed by atoms with E-state index in [1.165, 1.54) is 12.1 Å². The fourth-order valence-corrected chi connectivity index (χ4v) is 2.69. The number of amides is 1. The van der Waals surface area contributed by atoms with Gasteiger partial charge < -0.3 is 15.1 Å². The Morgan fingerprint density at radius 3 is 2.52 bits per heavy atom. The zero-order valence-corrected chi connectivity index (χ0v) is 14.5. The molecule has 0 radical (unpaired) electrons. The van der Waals surface area contributed by atoms with Crippen LogP contribution in [0.2, 0.25) is 0 Å². The first kappa shape index (κ1) is 17.3. The lowest BCUT2D eigenvalue weighted by atomic mass is 10.2. The van der Waals surface area contributed by atoms with Crippen molar-refractivity contribution in [1.82, 2.24) is 20.2 Å². The number of rotatable bonds is 4. The van der Waals surface area contributed by atoms with Gasteiger partial charge in [-0.2, -0.15) is 0 Å². The van der Waals surface area contributed by atoms with E-state index in [9.17, 15) is 9.18 Å². The molecule has 0 saturated carbocycles. The van der Waals surface area contributed by atoms with Crippen molar-refractivity contribution in [1.29, 1.82) is 0 Å². The van der Waals surface area contributed by atoms with Crippen molar-refractivity contribution in [3.05, 3.63) is 53.1 Å². The SMILES string of the molecule is Cc1cc(C(=O)NCc2ccc(F)cc2)nc(N2CCN(C)CC2)n1. The van der Waals surface area contributed by atoms with Crippen molar-refractivity contribution >= 4 is 11.9 Å². The minimum atomic E-state index is -0.293. The maximum atomic E-state index is 12.9. The van der Waals surface area contributed by atoms with E-state index in [0.717, 1.165) is 37.4 Å². The quantitative estimate of drug-likeness (QED) is 0.914. The number of halogens is 1. The lowest BCUT2D eigenvalue weighted by Gasteiger charge is -2.32.